The first-order valence-electron chi connectivity index (χ1n) is 6.29. The zero-order valence-electron chi connectivity index (χ0n) is 12.0. The van der Waals surface area contributed by atoms with Crippen LogP contribution in [-0.4, -0.2) is 28.2 Å². The topological polar surface area (TPSA) is 39.9 Å². The van der Waals surface area contributed by atoms with Crippen LogP contribution in [0.4, 0.5) is 0 Å². The lowest BCUT2D eigenvalue weighted by molar-refractivity contribution is 0.0657. The minimum Gasteiger partial charge on any atom is -0.381 e. The molecule has 0 spiro atoms. The quantitative estimate of drug-likeness (QED) is 0.742. The number of rotatable bonds is 1. The van der Waals surface area contributed by atoms with Gasteiger partial charge in [-0.05, 0) is 28.7 Å². The highest BCUT2D eigenvalue weighted by molar-refractivity contribution is 9.10. The molecule has 1 saturated heterocycles. The fourth-order valence-electron chi connectivity index (χ4n) is 0.819. The zero-order chi connectivity index (χ0) is 13.8. The average Bonchev–Trinajstić information content (AvgIpc) is 2.56. The van der Waals surface area contributed by atoms with Crippen LogP contribution in [0.2, 0.25) is 0 Å². The maximum absolute atomic E-state index is 8.21. The van der Waals surface area contributed by atoms with Crippen LogP contribution >= 0.6 is 15.9 Å². The van der Waals surface area contributed by atoms with Crippen LogP contribution in [0.25, 0.3) is 0 Å². The van der Waals surface area contributed by atoms with Crippen molar-refractivity contribution in [2.45, 2.75) is 18.8 Å². The van der Waals surface area contributed by atoms with Gasteiger partial charge in [0.05, 0.1) is 14.9 Å². The molecule has 0 bridgehead atoms. The summed E-state index contributed by atoms with van der Waals surface area (Å²) in [7, 11) is 0. The zero-order valence-corrected chi connectivity index (χ0v) is 7.63. The molecule has 12 heavy (non-hydrogen) atoms. The largest absolute Gasteiger partial charge is 0.381 e. The predicted octanol–water partition coefficient (Wildman–Crippen LogP) is 1.39. The molecule has 2 heterocycles. The summed E-state index contributed by atoms with van der Waals surface area (Å²) in [5, 5.41) is 7.03. The van der Waals surface area contributed by atoms with Crippen molar-refractivity contribution in [1.29, 1.82) is 0 Å². The van der Waals surface area contributed by atoms with E-state index in [-0.39, 0.29) is 10.8 Å². The van der Waals surface area contributed by atoms with Gasteiger partial charge in [-0.15, -0.1) is 5.10 Å². The summed E-state index contributed by atoms with van der Waals surface area (Å²) in [5.41, 5.74) is 0. The van der Waals surface area contributed by atoms with Crippen LogP contribution < -0.4 is 0 Å². The van der Waals surface area contributed by atoms with Gasteiger partial charge in [-0.1, -0.05) is 5.21 Å². The van der Waals surface area contributed by atoms with Gasteiger partial charge in [0, 0.05) is 18.7 Å². The van der Waals surface area contributed by atoms with E-state index >= 15 is 0 Å². The van der Waals surface area contributed by atoms with Crippen molar-refractivity contribution in [3.63, 3.8) is 0 Å². The van der Waals surface area contributed by atoms with E-state index in [1.807, 2.05) is 0 Å². The van der Waals surface area contributed by atoms with Crippen molar-refractivity contribution in [3.8, 4) is 0 Å². The van der Waals surface area contributed by atoms with Crippen LogP contribution in [0.1, 0.15) is 27.0 Å². The SMILES string of the molecule is [2H]c1c(Br)nnn1C1([2H])C([2H])([2H])COCC1([2H])[2H]. The van der Waals surface area contributed by atoms with Gasteiger partial charge in [-0.3, -0.25) is 0 Å². The van der Waals surface area contributed by atoms with Crippen LogP contribution in [0.5, 0.6) is 0 Å². The number of halogens is 1. The van der Waals surface area contributed by atoms with Crippen molar-refractivity contribution < 1.29 is 13.0 Å². The summed E-state index contributed by atoms with van der Waals surface area (Å²) in [6.07, 6.45) is -5.02. The van der Waals surface area contributed by atoms with Crippen LogP contribution in [0.15, 0.2) is 10.8 Å². The van der Waals surface area contributed by atoms with E-state index in [1.54, 1.807) is 0 Å². The molecule has 0 N–H and O–H groups in total. The van der Waals surface area contributed by atoms with Crippen LogP contribution in [-0.2, 0) is 4.74 Å². The second kappa shape index (κ2) is 3.53. The molecule has 1 aromatic heterocycles. The molecule has 0 aromatic carbocycles. The minimum absolute atomic E-state index is 0.0345. The van der Waals surface area contributed by atoms with Gasteiger partial charge in [0.25, 0.3) is 0 Å². The smallest absolute Gasteiger partial charge is 0.148 e. The Balaban J connectivity index is 2.64. The summed E-state index contributed by atoms with van der Waals surface area (Å²) in [4.78, 5) is 0. The third-order valence-corrected chi connectivity index (χ3v) is 1.65. The van der Waals surface area contributed by atoms with Gasteiger partial charge in [-0.25, -0.2) is 4.68 Å². The fraction of sp³-hybridized carbons (Fsp3) is 0.714. The first-order valence-corrected chi connectivity index (χ1v) is 4.09. The van der Waals surface area contributed by atoms with E-state index in [0.717, 1.165) is 0 Å². The first kappa shape index (κ1) is 3.75. The predicted molar refractivity (Wildman–Crippen MR) is 46.8 cm³/mol. The lowest BCUT2D eigenvalue weighted by Gasteiger charge is -2.21. The Labute approximate surface area is 87.5 Å². The summed E-state index contributed by atoms with van der Waals surface area (Å²) < 4.78 is 52.7. The summed E-state index contributed by atoms with van der Waals surface area (Å²) >= 11 is 2.94. The van der Waals surface area contributed by atoms with Gasteiger partial charge >= 0.3 is 0 Å². The van der Waals surface area contributed by atoms with Gasteiger partial charge in [0.2, 0.25) is 0 Å². The van der Waals surface area contributed by atoms with Crippen molar-refractivity contribution >= 4 is 15.9 Å². The molecule has 1 aliphatic heterocycles. The Morgan fingerprint density at radius 2 is 2.58 bits per heavy atom. The highest BCUT2D eigenvalue weighted by atomic mass is 79.9. The van der Waals surface area contributed by atoms with Crippen molar-refractivity contribution in [1.82, 2.24) is 15.0 Å². The average molecular weight is 238 g/mol. The molecule has 0 unspecified atom stereocenters. The Morgan fingerprint density at radius 1 is 1.83 bits per heavy atom. The van der Waals surface area contributed by atoms with E-state index in [2.05, 4.69) is 26.2 Å². The second-order valence-corrected chi connectivity index (χ2v) is 2.85. The Bertz CT molecular complexity index is 462. The normalized spacial score (nSPS) is 38.1. The molecule has 66 valence electrons. The Morgan fingerprint density at radius 3 is 3.17 bits per heavy atom. The maximum atomic E-state index is 8.21. The van der Waals surface area contributed by atoms with E-state index in [1.165, 1.54) is 0 Å². The van der Waals surface area contributed by atoms with Gasteiger partial charge in [0.1, 0.15) is 4.60 Å². The number of aromatic nitrogens is 3. The van der Waals surface area contributed by atoms with E-state index in [9.17, 15) is 0 Å². The fourth-order valence-corrected chi connectivity index (χ4v) is 1.06. The van der Waals surface area contributed by atoms with E-state index < -0.39 is 32.0 Å². The van der Waals surface area contributed by atoms with Gasteiger partial charge in [-0.2, -0.15) is 0 Å². The van der Waals surface area contributed by atoms with Gasteiger partial charge < -0.3 is 4.74 Å². The van der Waals surface area contributed by atoms with Crippen LogP contribution in [0, 0.1) is 0 Å². The number of nitrogens with zero attached hydrogens (tertiary/aromatic N) is 3. The maximum Gasteiger partial charge on any atom is 0.148 e. The monoisotopic (exact) mass is 237 g/mol. The van der Waals surface area contributed by atoms with E-state index in [4.69, 9.17) is 13.0 Å². The Kier molecular flexibility index (Phi) is 1.11. The molecule has 0 aliphatic carbocycles. The molecule has 1 aliphatic rings. The molecule has 5 heteroatoms. The molecule has 0 radical (unpaired) electrons. The molecular weight excluding hydrogens is 222 g/mol. The number of ether oxygens (including phenoxy) is 1. The van der Waals surface area contributed by atoms with E-state index in [0.29, 0.717) is 4.68 Å². The molecular formula is C7H10BrN3O. The summed E-state index contributed by atoms with van der Waals surface area (Å²) in [5.74, 6) is 0. The second-order valence-electron chi connectivity index (χ2n) is 2.10. The molecule has 0 atom stereocenters. The van der Waals surface area contributed by atoms with Gasteiger partial charge in [0.15, 0.2) is 0 Å². The first-order chi connectivity index (χ1) is 8.13. The number of hydrogen-bond acceptors (Lipinski definition) is 3. The molecule has 4 nitrogen and oxygen atoms in total. The molecule has 0 amide bonds. The standard InChI is InChI=1S/C7H10BrN3O/c8-7-5-11(10-9-7)6-1-3-12-4-2-6/h5-6H,1-4H2/i1D2,2D2,5D,6D. The summed E-state index contributed by atoms with van der Waals surface area (Å²) in [6.45, 7) is -0.875. The highest BCUT2D eigenvalue weighted by Crippen LogP contribution is 2.20. The summed E-state index contributed by atoms with van der Waals surface area (Å²) in [6, 6.07) is -2.41. The van der Waals surface area contributed by atoms with Crippen molar-refractivity contribution in [2.75, 3.05) is 13.2 Å². The minimum atomic E-state index is -2.41. The van der Waals surface area contributed by atoms with Crippen molar-refractivity contribution in [2.24, 2.45) is 0 Å². The molecule has 1 fully saturated rings. The Hall–Kier alpha value is -0.420. The lowest BCUT2D eigenvalue weighted by atomic mass is 10.1. The highest BCUT2D eigenvalue weighted by Gasteiger charge is 2.16. The third kappa shape index (κ3) is 1.67. The lowest BCUT2D eigenvalue weighted by Crippen LogP contribution is -2.19. The molecule has 0 saturated carbocycles. The van der Waals surface area contributed by atoms with Crippen LogP contribution in [0.3, 0.4) is 0 Å². The molecule has 2 rings (SSSR count). The number of hydrogen-bond donors (Lipinski definition) is 0. The third-order valence-electron chi connectivity index (χ3n) is 1.32. The molecule has 1 aromatic rings. The van der Waals surface area contributed by atoms with Crippen molar-refractivity contribution in [3.05, 3.63) is 10.8 Å².